The number of hydrogen-bond donors (Lipinski definition) is 3. The van der Waals surface area contributed by atoms with Gasteiger partial charge in [-0.1, -0.05) is 0 Å². The van der Waals surface area contributed by atoms with Gasteiger partial charge in [-0.15, -0.1) is 0 Å². The Morgan fingerprint density at radius 2 is 1.70 bits per heavy atom. The number of halogens is 1. The van der Waals surface area contributed by atoms with E-state index in [1.165, 1.54) is 13.2 Å². The molecule has 8 nitrogen and oxygen atoms in total. The largest absolute Gasteiger partial charge is 0.496 e. The molecule has 0 saturated heterocycles. The standard InChI is InChI=1S/C28H37FN2O6/c1-28(27(34)35)10-8-18(9-11-28)37-22-13-19(21(36-2)14-20(22)29)25(32)31-24-16-7-6-15(12-16)23(24)26(33)30-17-4-3-5-17/h13-18,23-24H,3-12H2,1-2H3,(H,30,33)(H,31,32)(H,34,35)/t15-,16+,18?,23+,24-,28?/m1/s1. The number of benzene rings is 1. The van der Waals surface area contributed by atoms with Crippen molar-refractivity contribution in [2.24, 2.45) is 23.2 Å². The van der Waals surface area contributed by atoms with Gasteiger partial charge >= 0.3 is 5.97 Å². The topological polar surface area (TPSA) is 114 Å². The molecule has 0 aliphatic heterocycles. The van der Waals surface area contributed by atoms with Gasteiger partial charge in [0.05, 0.1) is 30.1 Å². The maximum absolute atomic E-state index is 14.9. The average molecular weight is 517 g/mol. The van der Waals surface area contributed by atoms with Crippen LogP contribution in [0.1, 0.15) is 81.5 Å². The van der Waals surface area contributed by atoms with E-state index in [9.17, 15) is 23.9 Å². The van der Waals surface area contributed by atoms with Crippen LogP contribution in [0.25, 0.3) is 0 Å². The van der Waals surface area contributed by atoms with Crippen LogP contribution in [0.2, 0.25) is 0 Å². The van der Waals surface area contributed by atoms with E-state index < -0.39 is 23.1 Å². The third kappa shape index (κ3) is 5.01. The van der Waals surface area contributed by atoms with Gasteiger partial charge in [-0.3, -0.25) is 14.4 Å². The fraction of sp³-hybridized carbons (Fsp3) is 0.679. The van der Waals surface area contributed by atoms with Crippen molar-refractivity contribution >= 4 is 17.8 Å². The van der Waals surface area contributed by atoms with Crippen molar-refractivity contribution in [3.05, 3.63) is 23.5 Å². The molecule has 3 N–H and O–H groups in total. The lowest BCUT2D eigenvalue weighted by atomic mass is 9.75. The lowest BCUT2D eigenvalue weighted by Gasteiger charge is -2.34. The molecule has 0 unspecified atom stereocenters. The number of nitrogens with one attached hydrogen (secondary N) is 2. The van der Waals surface area contributed by atoms with Crippen LogP contribution < -0.4 is 20.1 Å². The number of aliphatic carboxylic acids is 1. The number of ether oxygens (including phenoxy) is 2. The van der Waals surface area contributed by atoms with Crippen molar-refractivity contribution in [2.75, 3.05) is 7.11 Å². The van der Waals surface area contributed by atoms with Crippen molar-refractivity contribution < 1.29 is 33.4 Å². The van der Waals surface area contributed by atoms with Gasteiger partial charge < -0.3 is 25.2 Å². The molecule has 2 amide bonds. The summed E-state index contributed by atoms with van der Waals surface area (Å²) < 4.78 is 26.1. The second-order valence-electron chi connectivity index (χ2n) is 11.7. The Bertz CT molecular complexity index is 1060. The summed E-state index contributed by atoms with van der Waals surface area (Å²) in [7, 11) is 1.38. The number of carboxylic acid groups (broad SMARTS) is 1. The number of amides is 2. The van der Waals surface area contributed by atoms with Crippen molar-refractivity contribution in [3.63, 3.8) is 0 Å². The summed E-state index contributed by atoms with van der Waals surface area (Å²) in [5.74, 6) is -1.54. The number of fused-ring (bicyclic) bond motifs is 2. The summed E-state index contributed by atoms with van der Waals surface area (Å²) in [6.45, 7) is 1.72. The van der Waals surface area contributed by atoms with E-state index in [-0.39, 0.29) is 58.9 Å². The molecular weight excluding hydrogens is 479 g/mol. The Kier molecular flexibility index (Phi) is 7.07. The third-order valence-electron chi connectivity index (χ3n) is 9.31. The van der Waals surface area contributed by atoms with E-state index in [1.807, 2.05) is 0 Å². The summed E-state index contributed by atoms with van der Waals surface area (Å²) in [5, 5.41) is 15.7. The highest BCUT2D eigenvalue weighted by Gasteiger charge is 2.52. The first-order valence-corrected chi connectivity index (χ1v) is 13.6. The van der Waals surface area contributed by atoms with Crippen molar-refractivity contribution in [1.82, 2.24) is 10.6 Å². The van der Waals surface area contributed by atoms with Crippen molar-refractivity contribution in [1.29, 1.82) is 0 Å². The average Bonchev–Trinajstić information content (AvgIpc) is 3.45. The SMILES string of the molecule is COc1cc(F)c(OC2CCC(C)(C(=O)O)CC2)cc1C(=O)N[C@@H]1[C@H]2CC[C@H](C2)[C@@H]1C(=O)NC1CCC1. The maximum atomic E-state index is 14.9. The van der Waals surface area contributed by atoms with Gasteiger partial charge in [0.1, 0.15) is 5.75 Å². The monoisotopic (exact) mass is 516 g/mol. The van der Waals surface area contributed by atoms with Crippen molar-refractivity contribution in [2.45, 2.75) is 89.3 Å². The van der Waals surface area contributed by atoms with Gasteiger partial charge in [-0.25, -0.2) is 4.39 Å². The smallest absolute Gasteiger partial charge is 0.309 e. The van der Waals surface area contributed by atoms with E-state index in [0.717, 1.165) is 44.6 Å². The number of rotatable bonds is 8. The number of hydrogen-bond acceptors (Lipinski definition) is 5. The van der Waals surface area contributed by atoms with Gasteiger partial charge in [0.2, 0.25) is 5.91 Å². The summed E-state index contributed by atoms with van der Waals surface area (Å²) in [6.07, 6.45) is 7.57. The van der Waals surface area contributed by atoms with Crippen LogP contribution in [-0.4, -0.2) is 48.2 Å². The van der Waals surface area contributed by atoms with Gasteiger partial charge in [-0.2, -0.15) is 0 Å². The first-order chi connectivity index (χ1) is 17.7. The number of methoxy groups -OCH3 is 1. The molecule has 4 atom stereocenters. The molecule has 1 aromatic carbocycles. The van der Waals surface area contributed by atoms with Crippen LogP contribution in [-0.2, 0) is 9.59 Å². The zero-order valence-corrected chi connectivity index (χ0v) is 21.6. The van der Waals surface area contributed by atoms with Crippen LogP contribution in [0.4, 0.5) is 4.39 Å². The number of carbonyl (C=O) groups is 3. The van der Waals surface area contributed by atoms with E-state index in [0.29, 0.717) is 25.7 Å². The molecule has 4 fully saturated rings. The van der Waals surface area contributed by atoms with Gasteiger partial charge in [0.25, 0.3) is 5.91 Å². The fourth-order valence-electron chi connectivity index (χ4n) is 6.67. The van der Waals surface area contributed by atoms with Crippen LogP contribution in [0.5, 0.6) is 11.5 Å². The van der Waals surface area contributed by atoms with E-state index in [2.05, 4.69) is 10.6 Å². The zero-order valence-electron chi connectivity index (χ0n) is 21.6. The molecule has 4 aliphatic rings. The third-order valence-corrected chi connectivity index (χ3v) is 9.31. The first kappa shape index (κ1) is 25.8. The molecule has 0 spiro atoms. The first-order valence-electron chi connectivity index (χ1n) is 13.6. The number of carboxylic acids is 1. The number of carbonyl (C=O) groups excluding carboxylic acids is 2. The van der Waals surface area contributed by atoms with Crippen molar-refractivity contribution in [3.8, 4) is 11.5 Å². The molecular formula is C28H37FN2O6. The Labute approximate surface area is 216 Å². The summed E-state index contributed by atoms with van der Waals surface area (Å²) in [6, 6.07) is 2.49. The zero-order chi connectivity index (χ0) is 26.3. The van der Waals surface area contributed by atoms with Crippen LogP contribution >= 0.6 is 0 Å². The highest BCUT2D eigenvalue weighted by molar-refractivity contribution is 5.98. The summed E-state index contributed by atoms with van der Waals surface area (Å²) >= 11 is 0. The molecule has 202 valence electrons. The maximum Gasteiger partial charge on any atom is 0.309 e. The summed E-state index contributed by atoms with van der Waals surface area (Å²) in [5.41, 5.74) is -0.642. The molecule has 1 aromatic rings. The van der Waals surface area contributed by atoms with E-state index in [1.54, 1.807) is 6.92 Å². The van der Waals surface area contributed by atoms with Crippen LogP contribution in [0, 0.1) is 29.0 Å². The molecule has 37 heavy (non-hydrogen) atoms. The Hall–Kier alpha value is -2.84. The molecule has 0 aromatic heterocycles. The predicted molar refractivity (Wildman–Crippen MR) is 133 cm³/mol. The molecule has 0 heterocycles. The predicted octanol–water partition coefficient (Wildman–Crippen LogP) is 4.06. The normalized spacial score (nSPS) is 32.9. The lowest BCUT2D eigenvalue weighted by molar-refractivity contribution is -0.150. The second-order valence-corrected chi connectivity index (χ2v) is 11.7. The van der Waals surface area contributed by atoms with E-state index in [4.69, 9.17) is 9.47 Å². The van der Waals surface area contributed by atoms with Gasteiger partial charge in [0, 0.05) is 18.2 Å². The molecule has 0 radical (unpaired) electrons. The second kappa shape index (κ2) is 10.1. The minimum absolute atomic E-state index is 0.0305. The fourth-order valence-corrected chi connectivity index (χ4v) is 6.67. The Morgan fingerprint density at radius 3 is 2.32 bits per heavy atom. The van der Waals surface area contributed by atoms with Crippen LogP contribution in [0.15, 0.2) is 12.1 Å². The molecule has 4 aliphatic carbocycles. The van der Waals surface area contributed by atoms with E-state index >= 15 is 0 Å². The molecule has 2 bridgehead atoms. The highest BCUT2D eigenvalue weighted by atomic mass is 19.1. The Morgan fingerprint density at radius 1 is 1.00 bits per heavy atom. The minimum Gasteiger partial charge on any atom is -0.496 e. The van der Waals surface area contributed by atoms with Crippen LogP contribution in [0.3, 0.4) is 0 Å². The minimum atomic E-state index is -0.833. The van der Waals surface area contributed by atoms with Gasteiger partial charge in [0.15, 0.2) is 11.6 Å². The molecule has 5 rings (SSSR count). The lowest BCUT2D eigenvalue weighted by Crippen LogP contribution is -2.52. The Balaban J connectivity index is 1.30. The quantitative estimate of drug-likeness (QED) is 0.480. The molecule has 9 heteroatoms. The van der Waals surface area contributed by atoms with Gasteiger partial charge in [-0.05, 0) is 89.0 Å². The molecule has 4 saturated carbocycles. The highest BCUT2D eigenvalue weighted by Crippen LogP contribution is 2.49. The summed E-state index contributed by atoms with van der Waals surface area (Å²) in [4.78, 5) is 38.1.